The molecule has 2 aromatic carbocycles. The van der Waals surface area contributed by atoms with Gasteiger partial charge in [-0.15, -0.1) is 0 Å². The molecule has 0 saturated carbocycles. The average Bonchev–Trinajstić information content (AvgIpc) is 2.74. The van der Waals surface area contributed by atoms with Crippen LogP contribution in [0.15, 0.2) is 42.5 Å². The molecule has 1 atom stereocenters. The molecule has 0 aliphatic carbocycles. The highest BCUT2D eigenvalue weighted by Crippen LogP contribution is 2.28. The molecule has 1 aliphatic rings. The van der Waals surface area contributed by atoms with Crippen LogP contribution >= 0.6 is 0 Å². The number of esters is 1. The molecule has 0 N–H and O–H groups in total. The molecule has 3 rings (SSSR count). The van der Waals surface area contributed by atoms with Crippen LogP contribution in [0.2, 0.25) is 0 Å². The van der Waals surface area contributed by atoms with E-state index in [1.54, 1.807) is 0 Å². The van der Waals surface area contributed by atoms with Crippen LogP contribution in [0.3, 0.4) is 0 Å². The summed E-state index contributed by atoms with van der Waals surface area (Å²) in [5.41, 5.74) is 0.957. The number of amides is 1. The molecule has 1 heterocycles. The van der Waals surface area contributed by atoms with E-state index in [0.717, 1.165) is 42.4 Å². The quantitative estimate of drug-likeness (QED) is 0.712. The first-order valence-corrected chi connectivity index (χ1v) is 10.3. The van der Waals surface area contributed by atoms with E-state index in [0.29, 0.717) is 13.2 Å². The van der Waals surface area contributed by atoms with Gasteiger partial charge in [0.1, 0.15) is 0 Å². The number of likely N-dealkylation sites (N-methyl/N-ethyl adjacent to an activating group) is 1. The molecule has 2 aromatic rings. The van der Waals surface area contributed by atoms with Gasteiger partial charge in [-0.1, -0.05) is 36.4 Å². The molecule has 0 unspecified atom stereocenters. The molecular weight excluding hydrogens is 352 g/mol. The third-order valence-corrected chi connectivity index (χ3v) is 5.69. The van der Waals surface area contributed by atoms with Gasteiger partial charge in [0.2, 0.25) is 5.91 Å². The number of anilines is 1. The summed E-state index contributed by atoms with van der Waals surface area (Å²) in [6, 6.07) is 14.0. The molecule has 1 aliphatic heterocycles. The number of hydrogen-bond donors (Lipinski definition) is 0. The van der Waals surface area contributed by atoms with Gasteiger partial charge in [0.15, 0.2) is 0 Å². The van der Waals surface area contributed by atoms with Crippen LogP contribution in [0.5, 0.6) is 0 Å². The first kappa shape index (κ1) is 20.3. The van der Waals surface area contributed by atoms with E-state index in [-0.39, 0.29) is 23.8 Å². The van der Waals surface area contributed by atoms with Crippen LogP contribution in [-0.4, -0.2) is 49.1 Å². The van der Waals surface area contributed by atoms with Crippen molar-refractivity contribution in [3.63, 3.8) is 0 Å². The number of hydrogen-bond acceptors (Lipinski definition) is 4. The largest absolute Gasteiger partial charge is 0.466 e. The molecule has 150 valence electrons. The third kappa shape index (κ3) is 4.20. The molecule has 5 nitrogen and oxygen atoms in total. The van der Waals surface area contributed by atoms with Gasteiger partial charge in [0.25, 0.3) is 0 Å². The zero-order valence-corrected chi connectivity index (χ0v) is 17.1. The Hall–Kier alpha value is -2.40. The zero-order valence-electron chi connectivity index (χ0n) is 17.1. The van der Waals surface area contributed by atoms with Gasteiger partial charge < -0.3 is 9.64 Å². The minimum atomic E-state index is -0.220. The van der Waals surface area contributed by atoms with Crippen LogP contribution in [0.1, 0.15) is 33.6 Å². The van der Waals surface area contributed by atoms with E-state index in [2.05, 4.69) is 23.1 Å². The lowest BCUT2D eigenvalue weighted by Crippen LogP contribution is -2.50. The number of ether oxygens (including phenoxy) is 1. The number of rotatable bonds is 6. The second-order valence-electron chi connectivity index (χ2n) is 7.32. The number of nitrogens with zero attached hydrogens (tertiary/aromatic N) is 2. The maximum absolute atomic E-state index is 13.3. The van der Waals surface area contributed by atoms with Crippen molar-refractivity contribution in [1.82, 2.24) is 4.90 Å². The molecule has 0 bridgehead atoms. The average molecular weight is 383 g/mol. The number of carbonyl (C=O) groups excluding carboxylic acids is 2. The van der Waals surface area contributed by atoms with Gasteiger partial charge >= 0.3 is 5.97 Å². The van der Waals surface area contributed by atoms with Crippen molar-refractivity contribution in [2.24, 2.45) is 5.92 Å². The monoisotopic (exact) mass is 382 g/mol. The Bertz CT molecular complexity index is 822. The molecule has 0 aromatic heterocycles. The number of fused-ring (bicyclic) bond motifs is 1. The molecule has 28 heavy (non-hydrogen) atoms. The van der Waals surface area contributed by atoms with Gasteiger partial charge in [-0.25, -0.2) is 0 Å². The summed E-state index contributed by atoms with van der Waals surface area (Å²) in [4.78, 5) is 29.4. The summed E-state index contributed by atoms with van der Waals surface area (Å²) in [6.07, 6.45) is 1.49. The van der Waals surface area contributed by atoms with E-state index in [4.69, 9.17) is 4.74 Å². The molecule has 0 spiro atoms. The highest BCUT2D eigenvalue weighted by atomic mass is 16.5. The van der Waals surface area contributed by atoms with E-state index in [1.165, 1.54) is 0 Å². The molecule has 1 saturated heterocycles. The Labute approximate surface area is 167 Å². The summed E-state index contributed by atoms with van der Waals surface area (Å²) in [6.45, 7) is 8.34. The lowest BCUT2D eigenvalue weighted by molar-refractivity contribution is -0.149. The van der Waals surface area contributed by atoms with E-state index < -0.39 is 0 Å². The fourth-order valence-corrected chi connectivity index (χ4v) is 4.05. The Kier molecular flexibility index (Phi) is 6.68. The molecular formula is C23H30N2O3. The SMILES string of the molecule is CCOC(=O)C1CCN([C@@H](C)C(=O)N(CC)c2cccc3ccccc23)CC1. The van der Waals surface area contributed by atoms with Crippen molar-refractivity contribution < 1.29 is 14.3 Å². The van der Waals surface area contributed by atoms with E-state index >= 15 is 0 Å². The van der Waals surface area contributed by atoms with Crippen LogP contribution in [0.4, 0.5) is 5.69 Å². The predicted molar refractivity (Wildman–Crippen MR) is 112 cm³/mol. The summed E-state index contributed by atoms with van der Waals surface area (Å²) in [7, 11) is 0. The lowest BCUT2D eigenvalue weighted by atomic mass is 9.96. The zero-order chi connectivity index (χ0) is 20.1. The van der Waals surface area contributed by atoms with Gasteiger partial charge in [-0.2, -0.15) is 0 Å². The maximum Gasteiger partial charge on any atom is 0.309 e. The lowest BCUT2D eigenvalue weighted by Gasteiger charge is -2.36. The van der Waals surface area contributed by atoms with E-state index in [1.807, 2.05) is 49.9 Å². The highest BCUT2D eigenvalue weighted by Gasteiger charge is 2.32. The molecule has 0 radical (unpaired) electrons. The van der Waals surface area contributed by atoms with Crippen LogP contribution < -0.4 is 4.90 Å². The predicted octanol–water partition coefficient (Wildman–Crippen LogP) is 3.86. The second kappa shape index (κ2) is 9.20. The smallest absolute Gasteiger partial charge is 0.309 e. The fraction of sp³-hybridized carbons (Fsp3) is 0.478. The van der Waals surface area contributed by atoms with Crippen molar-refractivity contribution >= 4 is 28.3 Å². The van der Waals surface area contributed by atoms with Crippen LogP contribution in [-0.2, 0) is 14.3 Å². The van der Waals surface area contributed by atoms with Gasteiger partial charge in [-0.3, -0.25) is 14.5 Å². The highest BCUT2D eigenvalue weighted by molar-refractivity contribution is 6.05. The Morgan fingerprint density at radius 1 is 1.11 bits per heavy atom. The van der Waals surface area contributed by atoms with Crippen LogP contribution in [0, 0.1) is 5.92 Å². The third-order valence-electron chi connectivity index (χ3n) is 5.69. The number of carbonyl (C=O) groups is 2. The van der Waals surface area contributed by atoms with E-state index in [9.17, 15) is 9.59 Å². The summed E-state index contributed by atoms with van der Waals surface area (Å²) < 4.78 is 5.15. The second-order valence-corrected chi connectivity index (χ2v) is 7.32. The van der Waals surface area contributed by atoms with Gasteiger partial charge in [-0.05, 0) is 58.2 Å². The maximum atomic E-state index is 13.3. The normalized spacial score (nSPS) is 16.7. The van der Waals surface area contributed by atoms with Crippen molar-refractivity contribution in [1.29, 1.82) is 0 Å². The summed E-state index contributed by atoms with van der Waals surface area (Å²) >= 11 is 0. The van der Waals surface area contributed by atoms with Gasteiger partial charge in [0, 0.05) is 11.9 Å². The standard InChI is InChI=1S/C23H30N2O3/c1-4-25(21-12-8-10-18-9-6-7-11-20(18)21)22(26)17(3)24-15-13-19(14-16-24)23(27)28-5-2/h6-12,17,19H,4-5,13-16H2,1-3H3/t17-/m0/s1. The van der Waals surface area contributed by atoms with Crippen molar-refractivity contribution in [3.05, 3.63) is 42.5 Å². The molecule has 1 fully saturated rings. The van der Waals surface area contributed by atoms with Gasteiger partial charge in [0.05, 0.1) is 24.3 Å². The van der Waals surface area contributed by atoms with Crippen molar-refractivity contribution in [3.8, 4) is 0 Å². The topological polar surface area (TPSA) is 49.9 Å². The first-order chi connectivity index (χ1) is 13.6. The van der Waals surface area contributed by atoms with Crippen LogP contribution in [0.25, 0.3) is 10.8 Å². The minimum Gasteiger partial charge on any atom is -0.466 e. The number of piperidine rings is 1. The molecule has 1 amide bonds. The Balaban J connectivity index is 1.72. The Morgan fingerprint density at radius 3 is 2.46 bits per heavy atom. The summed E-state index contributed by atoms with van der Waals surface area (Å²) in [5, 5.41) is 2.22. The molecule has 5 heteroatoms. The summed E-state index contributed by atoms with van der Waals surface area (Å²) in [5.74, 6) is -0.0423. The fourth-order valence-electron chi connectivity index (χ4n) is 4.05. The van der Waals surface area contributed by atoms with Crippen molar-refractivity contribution in [2.75, 3.05) is 31.1 Å². The first-order valence-electron chi connectivity index (χ1n) is 10.3. The number of benzene rings is 2. The van der Waals surface area contributed by atoms with Crippen molar-refractivity contribution in [2.45, 2.75) is 39.7 Å². The minimum absolute atomic E-state index is 0.0427. The Morgan fingerprint density at radius 2 is 1.79 bits per heavy atom. The number of likely N-dealkylation sites (tertiary alicyclic amines) is 1.